The van der Waals surface area contributed by atoms with Gasteiger partial charge in [0, 0.05) is 16.6 Å². The zero-order valence-corrected chi connectivity index (χ0v) is 15.5. The highest BCUT2D eigenvalue weighted by Gasteiger charge is 2.30. The second-order valence-corrected chi connectivity index (χ2v) is 7.35. The van der Waals surface area contributed by atoms with Crippen LogP contribution in [-0.2, 0) is 0 Å². The van der Waals surface area contributed by atoms with Crippen LogP contribution in [0.15, 0.2) is 53.1 Å². The summed E-state index contributed by atoms with van der Waals surface area (Å²) in [5, 5.41) is 4.74. The second-order valence-electron chi connectivity index (χ2n) is 6.92. The minimum atomic E-state index is -0.0230. The van der Waals surface area contributed by atoms with Gasteiger partial charge >= 0.3 is 0 Å². The lowest BCUT2D eigenvalue weighted by molar-refractivity contribution is 0.340. The van der Waals surface area contributed by atoms with Gasteiger partial charge < -0.3 is 4.52 Å². The number of hydrogen-bond donors (Lipinski definition) is 2. The van der Waals surface area contributed by atoms with Crippen LogP contribution in [0.5, 0.6) is 0 Å². The molecule has 0 amide bonds. The minimum Gasteiger partial charge on any atom is -0.337 e. The number of nitrogens with zero attached hydrogens (tertiary/aromatic N) is 2. The van der Waals surface area contributed by atoms with E-state index in [4.69, 9.17) is 16.1 Å². The van der Waals surface area contributed by atoms with E-state index >= 15 is 0 Å². The number of halogens is 1. The maximum atomic E-state index is 6.04. The number of hydrogen-bond acceptors (Lipinski definition) is 5. The molecular weight excluding hydrogens is 348 g/mol. The van der Waals surface area contributed by atoms with Crippen molar-refractivity contribution in [1.29, 1.82) is 0 Å². The molecule has 1 aliphatic heterocycles. The lowest BCUT2D eigenvalue weighted by Crippen LogP contribution is -2.26. The molecular formula is C20H21ClN4O. The molecule has 0 aliphatic carbocycles. The lowest BCUT2D eigenvalue weighted by atomic mass is 9.97. The van der Waals surface area contributed by atoms with Crippen molar-refractivity contribution in [3.05, 3.63) is 70.6 Å². The zero-order valence-electron chi connectivity index (χ0n) is 14.7. The van der Waals surface area contributed by atoms with Gasteiger partial charge in [-0.1, -0.05) is 67.0 Å². The fourth-order valence-corrected chi connectivity index (χ4v) is 3.36. The monoisotopic (exact) mass is 368 g/mol. The van der Waals surface area contributed by atoms with E-state index in [1.807, 2.05) is 24.3 Å². The quantitative estimate of drug-likeness (QED) is 0.693. The Morgan fingerprint density at radius 3 is 2.58 bits per heavy atom. The Hall–Kier alpha value is -2.21. The van der Waals surface area contributed by atoms with Crippen LogP contribution in [0.1, 0.15) is 55.3 Å². The number of benzene rings is 2. The summed E-state index contributed by atoms with van der Waals surface area (Å²) in [6.45, 7) is 4.40. The molecule has 0 spiro atoms. The largest absolute Gasteiger partial charge is 0.337 e. The molecule has 6 heteroatoms. The predicted molar refractivity (Wildman–Crippen MR) is 102 cm³/mol. The van der Waals surface area contributed by atoms with Crippen LogP contribution in [0.4, 0.5) is 0 Å². The SMILES string of the molecule is CC(C)c1ccc(C2CC(c3nc(-c4cccc(Cl)c4)no3)NN2)cc1. The Morgan fingerprint density at radius 1 is 1.08 bits per heavy atom. The first-order valence-corrected chi connectivity index (χ1v) is 9.18. The summed E-state index contributed by atoms with van der Waals surface area (Å²) >= 11 is 6.04. The normalized spacial score (nSPS) is 20.0. The van der Waals surface area contributed by atoms with Crippen LogP contribution >= 0.6 is 11.6 Å². The first kappa shape index (κ1) is 17.2. The van der Waals surface area contributed by atoms with Crippen molar-refractivity contribution < 1.29 is 4.52 Å². The maximum Gasteiger partial charge on any atom is 0.245 e. The third kappa shape index (κ3) is 3.51. The van der Waals surface area contributed by atoms with Gasteiger partial charge in [0.25, 0.3) is 0 Å². The van der Waals surface area contributed by atoms with Crippen molar-refractivity contribution in [2.75, 3.05) is 0 Å². The summed E-state index contributed by atoms with van der Waals surface area (Å²) in [7, 11) is 0. The molecule has 4 rings (SSSR count). The predicted octanol–water partition coefficient (Wildman–Crippen LogP) is 4.79. The molecule has 1 aliphatic rings. The van der Waals surface area contributed by atoms with Crippen LogP contribution in [0.2, 0.25) is 5.02 Å². The Morgan fingerprint density at radius 2 is 1.85 bits per heavy atom. The molecule has 2 aromatic carbocycles. The van der Waals surface area contributed by atoms with Crippen molar-refractivity contribution >= 4 is 11.6 Å². The Labute approximate surface area is 157 Å². The van der Waals surface area contributed by atoms with Crippen molar-refractivity contribution in [3.63, 3.8) is 0 Å². The molecule has 2 atom stereocenters. The van der Waals surface area contributed by atoms with Crippen LogP contribution < -0.4 is 10.9 Å². The summed E-state index contributed by atoms with van der Waals surface area (Å²) in [6, 6.07) is 16.4. The smallest absolute Gasteiger partial charge is 0.245 e. The van der Waals surface area contributed by atoms with E-state index in [1.54, 1.807) is 0 Å². The van der Waals surface area contributed by atoms with Gasteiger partial charge in [-0.2, -0.15) is 4.98 Å². The topological polar surface area (TPSA) is 63.0 Å². The third-order valence-corrected chi connectivity index (χ3v) is 4.97. The van der Waals surface area contributed by atoms with Crippen LogP contribution in [0.25, 0.3) is 11.4 Å². The van der Waals surface area contributed by atoms with Crippen LogP contribution in [0.3, 0.4) is 0 Å². The summed E-state index contributed by atoms with van der Waals surface area (Å²) in [5.41, 5.74) is 10.0. The molecule has 134 valence electrons. The summed E-state index contributed by atoms with van der Waals surface area (Å²) in [6.07, 6.45) is 0.845. The Bertz CT molecular complexity index is 891. The van der Waals surface area contributed by atoms with Gasteiger partial charge in [0.1, 0.15) is 6.04 Å². The Kier molecular flexibility index (Phi) is 4.76. The van der Waals surface area contributed by atoms with Gasteiger partial charge in [-0.25, -0.2) is 10.9 Å². The molecule has 5 nitrogen and oxygen atoms in total. The molecule has 0 bridgehead atoms. The van der Waals surface area contributed by atoms with Crippen molar-refractivity contribution in [1.82, 2.24) is 21.0 Å². The lowest BCUT2D eigenvalue weighted by Gasteiger charge is -2.11. The van der Waals surface area contributed by atoms with E-state index in [-0.39, 0.29) is 12.1 Å². The molecule has 2 heterocycles. The van der Waals surface area contributed by atoms with Crippen molar-refractivity contribution in [2.24, 2.45) is 0 Å². The summed E-state index contributed by atoms with van der Waals surface area (Å²) < 4.78 is 5.47. The van der Waals surface area contributed by atoms with Gasteiger partial charge in [0.05, 0.1) is 0 Å². The molecule has 0 radical (unpaired) electrons. The fourth-order valence-electron chi connectivity index (χ4n) is 3.17. The molecule has 1 fully saturated rings. The van der Waals surface area contributed by atoms with E-state index in [1.165, 1.54) is 11.1 Å². The van der Waals surface area contributed by atoms with Crippen molar-refractivity contribution in [2.45, 2.75) is 38.3 Å². The number of hydrazine groups is 1. The van der Waals surface area contributed by atoms with Gasteiger partial charge in [0.15, 0.2) is 0 Å². The molecule has 0 saturated carbocycles. The number of rotatable bonds is 4. The van der Waals surface area contributed by atoms with Gasteiger partial charge in [-0.15, -0.1) is 0 Å². The minimum absolute atomic E-state index is 0.0230. The maximum absolute atomic E-state index is 6.04. The first-order valence-electron chi connectivity index (χ1n) is 8.80. The van der Waals surface area contributed by atoms with Gasteiger partial charge in [-0.05, 0) is 35.6 Å². The standard InChI is InChI=1S/C20H21ClN4O/c1-12(2)13-6-8-14(9-7-13)17-11-18(24-23-17)20-22-19(25-26-20)15-4-3-5-16(21)10-15/h3-10,12,17-18,23-24H,11H2,1-2H3. The van der Waals surface area contributed by atoms with Gasteiger partial charge in [0.2, 0.25) is 11.7 Å². The molecule has 26 heavy (non-hydrogen) atoms. The highest BCUT2D eigenvalue weighted by atomic mass is 35.5. The average Bonchev–Trinajstić information content (AvgIpc) is 3.31. The number of aromatic nitrogens is 2. The second kappa shape index (κ2) is 7.19. The highest BCUT2D eigenvalue weighted by Crippen LogP contribution is 2.31. The molecule has 2 N–H and O–H groups in total. The molecule has 2 unspecified atom stereocenters. The first-order chi connectivity index (χ1) is 12.6. The van der Waals surface area contributed by atoms with E-state index in [0.717, 1.165) is 12.0 Å². The van der Waals surface area contributed by atoms with Crippen LogP contribution in [0, 0.1) is 0 Å². The summed E-state index contributed by atoms with van der Waals surface area (Å²) in [5.74, 6) is 1.66. The van der Waals surface area contributed by atoms with E-state index in [2.05, 4.69) is 59.1 Å². The average molecular weight is 369 g/mol. The molecule has 3 aromatic rings. The highest BCUT2D eigenvalue weighted by molar-refractivity contribution is 6.30. The summed E-state index contributed by atoms with van der Waals surface area (Å²) in [4.78, 5) is 4.53. The van der Waals surface area contributed by atoms with Crippen molar-refractivity contribution in [3.8, 4) is 11.4 Å². The van der Waals surface area contributed by atoms with E-state index in [0.29, 0.717) is 22.7 Å². The van der Waals surface area contributed by atoms with E-state index < -0.39 is 0 Å². The Balaban J connectivity index is 1.47. The fraction of sp³-hybridized carbons (Fsp3) is 0.300. The van der Waals surface area contributed by atoms with Gasteiger partial charge in [-0.3, -0.25) is 0 Å². The zero-order chi connectivity index (χ0) is 18.1. The van der Waals surface area contributed by atoms with E-state index in [9.17, 15) is 0 Å². The van der Waals surface area contributed by atoms with Crippen LogP contribution in [-0.4, -0.2) is 10.1 Å². The third-order valence-electron chi connectivity index (χ3n) is 4.73. The number of nitrogens with one attached hydrogen (secondary N) is 2. The molecule has 1 saturated heterocycles. The molecule has 1 aromatic heterocycles.